The van der Waals surface area contributed by atoms with Crippen molar-refractivity contribution in [3.05, 3.63) is 35.9 Å². The molecule has 1 aromatic carbocycles. The Labute approximate surface area is 97.5 Å². The van der Waals surface area contributed by atoms with Crippen LogP contribution in [0.25, 0.3) is 0 Å². The van der Waals surface area contributed by atoms with Crippen molar-refractivity contribution in [1.29, 1.82) is 0 Å². The lowest BCUT2D eigenvalue weighted by atomic mass is 10.1. The zero-order chi connectivity index (χ0) is 12.0. The Morgan fingerprint density at radius 1 is 1.31 bits per heavy atom. The van der Waals surface area contributed by atoms with Crippen LogP contribution in [-0.2, 0) is 0 Å². The van der Waals surface area contributed by atoms with Gasteiger partial charge in [-0.25, -0.2) is 0 Å². The maximum atomic E-state index is 11.9. The first-order chi connectivity index (χ1) is 7.61. The number of likely N-dealkylation sites (N-methyl/N-ethyl adjacent to an activating group) is 1. The van der Waals surface area contributed by atoms with Gasteiger partial charge in [0, 0.05) is 18.7 Å². The fraction of sp³-hybridized carbons (Fsp3) is 0.462. The van der Waals surface area contributed by atoms with Gasteiger partial charge < -0.3 is 10.2 Å². The van der Waals surface area contributed by atoms with Gasteiger partial charge in [-0.3, -0.25) is 4.79 Å². The van der Waals surface area contributed by atoms with Crippen molar-refractivity contribution in [2.24, 2.45) is 0 Å². The molecule has 0 spiro atoms. The summed E-state index contributed by atoms with van der Waals surface area (Å²) in [7, 11) is 4.04. The molecule has 0 aliphatic carbocycles. The number of benzene rings is 1. The van der Waals surface area contributed by atoms with Crippen molar-refractivity contribution in [3.8, 4) is 0 Å². The molecule has 1 aromatic rings. The van der Waals surface area contributed by atoms with E-state index in [1.54, 1.807) is 0 Å². The number of ketones is 1. The average Bonchev–Trinajstić information content (AvgIpc) is 2.28. The summed E-state index contributed by atoms with van der Waals surface area (Å²) >= 11 is 0. The van der Waals surface area contributed by atoms with E-state index in [0.29, 0.717) is 0 Å². The van der Waals surface area contributed by atoms with Crippen molar-refractivity contribution >= 4 is 5.78 Å². The first-order valence-corrected chi connectivity index (χ1v) is 5.58. The normalized spacial score (nSPS) is 12.8. The molecular formula is C13H20N2O. The summed E-state index contributed by atoms with van der Waals surface area (Å²) in [4.78, 5) is 14.0. The van der Waals surface area contributed by atoms with E-state index in [-0.39, 0.29) is 11.8 Å². The molecule has 0 aromatic heterocycles. The van der Waals surface area contributed by atoms with Gasteiger partial charge in [0.1, 0.15) is 0 Å². The van der Waals surface area contributed by atoms with Gasteiger partial charge >= 0.3 is 0 Å². The Morgan fingerprint density at radius 2 is 1.94 bits per heavy atom. The second-order valence-corrected chi connectivity index (χ2v) is 4.21. The SMILES string of the molecule is CC(NCCN(C)C)C(=O)c1ccccc1. The second-order valence-electron chi connectivity index (χ2n) is 4.21. The average molecular weight is 220 g/mol. The van der Waals surface area contributed by atoms with E-state index in [4.69, 9.17) is 0 Å². The molecule has 1 atom stereocenters. The van der Waals surface area contributed by atoms with Crippen LogP contribution in [0.1, 0.15) is 17.3 Å². The molecule has 16 heavy (non-hydrogen) atoms. The van der Waals surface area contributed by atoms with Gasteiger partial charge in [-0.05, 0) is 21.0 Å². The molecular weight excluding hydrogens is 200 g/mol. The Bertz CT molecular complexity index is 322. The highest BCUT2D eigenvalue weighted by atomic mass is 16.1. The van der Waals surface area contributed by atoms with Crippen LogP contribution < -0.4 is 5.32 Å². The highest BCUT2D eigenvalue weighted by Gasteiger charge is 2.13. The van der Waals surface area contributed by atoms with Crippen LogP contribution in [0, 0.1) is 0 Å². The summed E-state index contributed by atoms with van der Waals surface area (Å²) < 4.78 is 0. The molecule has 88 valence electrons. The Hall–Kier alpha value is -1.19. The van der Waals surface area contributed by atoms with E-state index in [1.807, 2.05) is 51.4 Å². The molecule has 0 aliphatic rings. The van der Waals surface area contributed by atoms with Gasteiger partial charge in [-0.15, -0.1) is 0 Å². The van der Waals surface area contributed by atoms with Crippen molar-refractivity contribution in [1.82, 2.24) is 10.2 Å². The van der Waals surface area contributed by atoms with Crippen molar-refractivity contribution in [2.75, 3.05) is 27.2 Å². The predicted molar refractivity (Wildman–Crippen MR) is 66.8 cm³/mol. The number of nitrogens with zero attached hydrogens (tertiary/aromatic N) is 1. The third-order valence-corrected chi connectivity index (χ3v) is 2.46. The molecule has 1 rings (SSSR count). The lowest BCUT2D eigenvalue weighted by Crippen LogP contribution is -2.38. The van der Waals surface area contributed by atoms with Gasteiger partial charge in [0.25, 0.3) is 0 Å². The monoisotopic (exact) mass is 220 g/mol. The van der Waals surface area contributed by atoms with E-state index >= 15 is 0 Å². The van der Waals surface area contributed by atoms with E-state index < -0.39 is 0 Å². The topological polar surface area (TPSA) is 32.3 Å². The summed E-state index contributed by atoms with van der Waals surface area (Å²) in [5.74, 6) is 0.152. The van der Waals surface area contributed by atoms with Crippen LogP contribution in [0.4, 0.5) is 0 Å². The molecule has 3 nitrogen and oxygen atoms in total. The van der Waals surface area contributed by atoms with E-state index in [0.717, 1.165) is 18.7 Å². The molecule has 0 amide bonds. The number of hydrogen-bond acceptors (Lipinski definition) is 3. The van der Waals surface area contributed by atoms with Crippen molar-refractivity contribution in [3.63, 3.8) is 0 Å². The van der Waals surface area contributed by atoms with Crippen LogP contribution in [0.5, 0.6) is 0 Å². The summed E-state index contributed by atoms with van der Waals surface area (Å²) in [6.07, 6.45) is 0. The molecule has 1 unspecified atom stereocenters. The summed E-state index contributed by atoms with van der Waals surface area (Å²) in [5.41, 5.74) is 0.771. The minimum Gasteiger partial charge on any atom is -0.308 e. The van der Waals surface area contributed by atoms with Crippen LogP contribution in [0.2, 0.25) is 0 Å². The summed E-state index contributed by atoms with van der Waals surface area (Å²) in [5, 5.41) is 3.22. The zero-order valence-corrected chi connectivity index (χ0v) is 10.2. The molecule has 0 fully saturated rings. The molecule has 0 aliphatic heterocycles. The lowest BCUT2D eigenvalue weighted by molar-refractivity contribution is 0.0950. The van der Waals surface area contributed by atoms with E-state index in [9.17, 15) is 4.79 Å². The second kappa shape index (κ2) is 6.40. The molecule has 3 heteroatoms. The maximum Gasteiger partial charge on any atom is 0.179 e. The quantitative estimate of drug-likeness (QED) is 0.736. The van der Waals surface area contributed by atoms with Gasteiger partial charge in [0.05, 0.1) is 6.04 Å². The predicted octanol–water partition coefficient (Wildman–Crippen LogP) is 1.41. The zero-order valence-electron chi connectivity index (χ0n) is 10.2. The minimum absolute atomic E-state index is 0.123. The standard InChI is InChI=1S/C13H20N2O/c1-11(14-9-10-15(2)3)13(16)12-7-5-4-6-8-12/h4-8,11,14H,9-10H2,1-3H3. The Kier molecular flexibility index (Phi) is 5.15. The molecule has 0 heterocycles. The number of nitrogens with one attached hydrogen (secondary N) is 1. The fourth-order valence-corrected chi connectivity index (χ4v) is 1.45. The number of hydrogen-bond donors (Lipinski definition) is 1. The molecule has 0 bridgehead atoms. The summed E-state index contributed by atoms with van der Waals surface area (Å²) in [6, 6.07) is 9.28. The first-order valence-electron chi connectivity index (χ1n) is 5.58. The number of carbonyl (C=O) groups is 1. The van der Waals surface area contributed by atoms with Crippen LogP contribution in [0.3, 0.4) is 0 Å². The van der Waals surface area contributed by atoms with Gasteiger partial charge in [0.15, 0.2) is 5.78 Å². The number of rotatable bonds is 6. The third-order valence-electron chi connectivity index (χ3n) is 2.46. The van der Waals surface area contributed by atoms with Gasteiger partial charge in [0.2, 0.25) is 0 Å². The smallest absolute Gasteiger partial charge is 0.179 e. The fourth-order valence-electron chi connectivity index (χ4n) is 1.45. The van der Waals surface area contributed by atoms with E-state index in [1.165, 1.54) is 0 Å². The Balaban J connectivity index is 2.43. The summed E-state index contributed by atoms with van der Waals surface area (Å²) in [6.45, 7) is 3.67. The highest BCUT2D eigenvalue weighted by molar-refractivity contribution is 5.99. The van der Waals surface area contributed by atoms with Crippen molar-refractivity contribution < 1.29 is 4.79 Å². The van der Waals surface area contributed by atoms with E-state index in [2.05, 4.69) is 10.2 Å². The molecule has 0 saturated heterocycles. The molecule has 0 radical (unpaired) electrons. The van der Waals surface area contributed by atoms with Crippen molar-refractivity contribution in [2.45, 2.75) is 13.0 Å². The largest absolute Gasteiger partial charge is 0.308 e. The van der Waals surface area contributed by atoms with Gasteiger partial charge in [-0.1, -0.05) is 30.3 Å². The first kappa shape index (κ1) is 12.9. The highest BCUT2D eigenvalue weighted by Crippen LogP contribution is 2.02. The minimum atomic E-state index is -0.123. The third kappa shape index (κ3) is 4.13. The Morgan fingerprint density at radius 3 is 2.50 bits per heavy atom. The number of Topliss-reactive ketones (excluding diaryl/α,β-unsaturated/α-hetero) is 1. The van der Waals surface area contributed by atoms with Crippen LogP contribution >= 0.6 is 0 Å². The number of carbonyl (C=O) groups excluding carboxylic acids is 1. The molecule has 1 N–H and O–H groups in total. The van der Waals surface area contributed by atoms with Crippen LogP contribution in [-0.4, -0.2) is 43.9 Å². The molecule has 0 saturated carbocycles. The van der Waals surface area contributed by atoms with Gasteiger partial charge in [-0.2, -0.15) is 0 Å². The maximum absolute atomic E-state index is 11.9. The lowest BCUT2D eigenvalue weighted by Gasteiger charge is -2.15. The van der Waals surface area contributed by atoms with Crippen LogP contribution in [0.15, 0.2) is 30.3 Å².